The second kappa shape index (κ2) is 6.87. The van der Waals surface area contributed by atoms with E-state index in [1.54, 1.807) is 0 Å². The average Bonchev–Trinajstić information content (AvgIpc) is 2.43. The number of hydrogen-bond acceptors (Lipinski definition) is 3. The van der Waals surface area contributed by atoms with Crippen molar-refractivity contribution in [3.63, 3.8) is 0 Å². The number of alkyl halides is 5. The molecule has 0 saturated carbocycles. The van der Waals surface area contributed by atoms with Gasteiger partial charge in [-0.1, -0.05) is 13.3 Å². The molecule has 1 amide bonds. The molecule has 2 N–H and O–H groups in total. The molecule has 0 aromatic heterocycles. The van der Waals surface area contributed by atoms with Gasteiger partial charge >= 0.3 is 18.0 Å². The Morgan fingerprint density at radius 2 is 1.67 bits per heavy atom. The maximum absolute atomic E-state index is 13.0. The van der Waals surface area contributed by atoms with E-state index in [-0.39, 0.29) is 32.2 Å². The van der Waals surface area contributed by atoms with E-state index < -0.39 is 18.0 Å². The summed E-state index contributed by atoms with van der Waals surface area (Å²) < 4.78 is 62.5. The lowest BCUT2D eigenvalue weighted by Gasteiger charge is -2.39. The van der Waals surface area contributed by atoms with E-state index in [4.69, 9.17) is 5.73 Å². The predicted molar refractivity (Wildman–Crippen MR) is 66.9 cm³/mol. The molecule has 0 aromatic rings. The fraction of sp³-hybridized carbons (Fsp3) is 0.917. The van der Waals surface area contributed by atoms with Crippen molar-refractivity contribution in [1.82, 2.24) is 9.80 Å². The first kappa shape index (κ1) is 18.1. The molecule has 4 nitrogen and oxygen atoms in total. The summed E-state index contributed by atoms with van der Waals surface area (Å²) in [7, 11) is 0. The maximum atomic E-state index is 13.0. The summed E-state index contributed by atoms with van der Waals surface area (Å²) in [4.78, 5) is 13.9. The largest absolute Gasteiger partial charge is 0.463 e. The van der Waals surface area contributed by atoms with Crippen LogP contribution in [0.3, 0.4) is 0 Å². The van der Waals surface area contributed by atoms with Crippen molar-refractivity contribution < 1.29 is 26.7 Å². The molecular weight excluding hydrogens is 297 g/mol. The molecule has 0 bridgehead atoms. The Hall–Kier alpha value is -0.960. The molecule has 1 fully saturated rings. The van der Waals surface area contributed by atoms with Gasteiger partial charge < -0.3 is 10.6 Å². The Labute approximate surface area is 120 Å². The molecule has 21 heavy (non-hydrogen) atoms. The van der Waals surface area contributed by atoms with E-state index in [1.807, 2.05) is 11.8 Å². The zero-order valence-electron chi connectivity index (χ0n) is 11.8. The lowest BCUT2D eigenvalue weighted by atomic mass is 10.1. The third-order valence-corrected chi connectivity index (χ3v) is 3.64. The van der Waals surface area contributed by atoms with Gasteiger partial charge in [-0.2, -0.15) is 22.0 Å². The highest BCUT2D eigenvalue weighted by molar-refractivity contribution is 5.84. The van der Waals surface area contributed by atoms with E-state index in [0.29, 0.717) is 11.4 Å². The van der Waals surface area contributed by atoms with Gasteiger partial charge in [0.15, 0.2) is 0 Å². The van der Waals surface area contributed by atoms with Gasteiger partial charge in [-0.25, -0.2) is 0 Å². The van der Waals surface area contributed by atoms with E-state index in [1.165, 1.54) is 0 Å². The molecule has 0 aliphatic carbocycles. The van der Waals surface area contributed by atoms with Crippen molar-refractivity contribution >= 4 is 5.91 Å². The van der Waals surface area contributed by atoms with E-state index in [2.05, 4.69) is 0 Å². The molecule has 1 rings (SSSR count). The van der Waals surface area contributed by atoms with Crippen LogP contribution in [0.1, 0.15) is 19.8 Å². The van der Waals surface area contributed by atoms with Gasteiger partial charge in [0.25, 0.3) is 0 Å². The van der Waals surface area contributed by atoms with Crippen LogP contribution in [0.4, 0.5) is 22.0 Å². The highest BCUT2D eigenvalue weighted by atomic mass is 19.4. The predicted octanol–water partition coefficient (Wildman–Crippen LogP) is 1.46. The average molecular weight is 317 g/mol. The number of amides is 1. The summed E-state index contributed by atoms with van der Waals surface area (Å²) in [6.07, 6.45) is -4.14. The van der Waals surface area contributed by atoms with Crippen molar-refractivity contribution in [1.29, 1.82) is 0 Å². The summed E-state index contributed by atoms with van der Waals surface area (Å²) in [5, 5.41) is 0. The van der Waals surface area contributed by atoms with Crippen LogP contribution in [0.15, 0.2) is 0 Å². The Morgan fingerprint density at radius 1 is 1.14 bits per heavy atom. The molecule has 9 heteroatoms. The highest BCUT2D eigenvalue weighted by Crippen LogP contribution is 2.37. The molecule has 1 atom stereocenters. The Kier molecular flexibility index (Phi) is 5.92. The van der Waals surface area contributed by atoms with Crippen molar-refractivity contribution in [2.45, 2.75) is 37.9 Å². The zero-order chi connectivity index (χ0) is 16.3. The van der Waals surface area contributed by atoms with Crippen LogP contribution in [0.2, 0.25) is 0 Å². The molecule has 1 heterocycles. The fourth-order valence-electron chi connectivity index (χ4n) is 2.39. The zero-order valence-corrected chi connectivity index (χ0v) is 11.8. The van der Waals surface area contributed by atoms with Crippen molar-refractivity contribution in [2.24, 2.45) is 5.73 Å². The van der Waals surface area contributed by atoms with Crippen LogP contribution in [0.5, 0.6) is 0 Å². The number of halogens is 5. The third kappa shape index (κ3) is 4.03. The number of rotatable bonds is 5. The van der Waals surface area contributed by atoms with Crippen LogP contribution in [0.25, 0.3) is 0 Å². The number of hydrogen-bond donors (Lipinski definition) is 1. The van der Waals surface area contributed by atoms with Crippen LogP contribution in [-0.2, 0) is 4.79 Å². The van der Waals surface area contributed by atoms with E-state index in [9.17, 15) is 26.7 Å². The monoisotopic (exact) mass is 317 g/mol. The van der Waals surface area contributed by atoms with Gasteiger partial charge in [0, 0.05) is 38.8 Å². The minimum atomic E-state index is -5.86. The Morgan fingerprint density at radius 3 is 2.05 bits per heavy atom. The first-order chi connectivity index (χ1) is 9.65. The summed E-state index contributed by atoms with van der Waals surface area (Å²) in [6.45, 7) is 2.57. The Bertz CT molecular complexity index is 353. The van der Waals surface area contributed by atoms with Crippen LogP contribution >= 0.6 is 0 Å². The van der Waals surface area contributed by atoms with Gasteiger partial charge in [-0.05, 0) is 6.42 Å². The first-order valence-electron chi connectivity index (χ1n) is 6.83. The smallest absolute Gasteiger partial charge is 0.335 e. The van der Waals surface area contributed by atoms with Gasteiger partial charge in [0.1, 0.15) is 0 Å². The molecule has 1 aliphatic heterocycles. The maximum Gasteiger partial charge on any atom is 0.463 e. The van der Waals surface area contributed by atoms with Crippen molar-refractivity contribution in [3.05, 3.63) is 0 Å². The minimum absolute atomic E-state index is 0.0652. The van der Waals surface area contributed by atoms with Gasteiger partial charge in [0.05, 0.1) is 0 Å². The summed E-state index contributed by atoms with van der Waals surface area (Å²) in [5.41, 5.74) is 5.62. The van der Waals surface area contributed by atoms with Crippen molar-refractivity contribution in [3.8, 4) is 0 Å². The van der Waals surface area contributed by atoms with Crippen LogP contribution in [-0.4, -0.2) is 66.6 Å². The number of nitrogens with two attached hydrogens (primary N) is 1. The number of nitrogens with zero attached hydrogens (tertiary/aromatic N) is 2. The quantitative estimate of drug-likeness (QED) is 0.781. The summed E-state index contributed by atoms with van der Waals surface area (Å²) >= 11 is 0. The van der Waals surface area contributed by atoms with Crippen molar-refractivity contribution in [2.75, 3.05) is 32.7 Å². The van der Waals surface area contributed by atoms with Gasteiger partial charge in [0.2, 0.25) is 0 Å². The molecule has 0 radical (unpaired) electrons. The molecule has 1 saturated heterocycles. The van der Waals surface area contributed by atoms with Gasteiger partial charge in [-0.3, -0.25) is 9.69 Å². The summed E-state index contributed by atoms with van der Waals surface area (Å²) in [5.74, 6) is -7.50. The second-order valence-corrected chi connectivity index (χ2v) is 5.08. The molecule has 0 spiro atoms. The SMILES string of the molecule is CCCC(CN)N1CCN(C(=O)C(F)(F)C(F)(F)F)CC1. The highest BCUT2D eigenvalue weighted by Gasteiger charge is 2.64. The number of carbonyl (C=O) groups excluding carboxylic acids is 1. The third-order valence-electron chi connectivity index (χ3n) is 3.64. The standard InChI is InChI=1S/C12H20F5N3O/c1-2-3-9(8-18)19-4-6-20(7-5-19)10(21)11(13,14)12(15,16)17/h9H,2-8,18H2,1H3. The lowest BCUT2D eigenvalue weighted by Crippen LogP contribution is -2.59. The fourth-order valence-corrected chi connectivity index (χ4v) is 2.39. The molecule has 0 aromatic carbocycles. The topological polar surface area (TPSA) is 49.6 Å². The Balaban J connectivity index is 2.62. The first-order valence-corrected chi connectivity index (χ1v) is 6.83. The van der Waals surface area contributed by atoms with Crippen LogP contribution < -0.4 is 5.73 Å². The summed E-state index contributed by atoms with van der Waals surface area (Å²) in [6, 6.07) is 0.0652. The molecule has 1 unspecified atom stereocenters. The number of carbonyl (C=O) groups is 1. The second-order valence-electron chi connectivity index (χ2n) is 5.08. The van der Waals surface area contributed by atoms with Crippen LogP contribution in [0, 0.1) is 0 Å². The number of piperazine rings is 1. The minimum Gasteiger partial charge on any atom is -0.335 e. The lowest BCUT2D eigenvalue weighted by molar-refractivity contribution is -0.274. The normalized spacial score (nSPS) is 19.7. The van der Waals surface area contributed by atoms with E-state index >= 15 is 0 Å². The van der Waals surface area contributed by atoms with E-state index in [0.717, 1.165) is 12.8 Å². The molecular formula is C12H20F5N3O. The molecule has 1 aliphatic rings. The molecule has 124 valence electrons. The van der Waals surface area contributed by atoms with Gasteiger partial charge in [-0.15, -0.1) is 0 Å².